The van der Waals surface area contributed by atoms with Crippen molar-refractivity contribution < 1.29 is 4.74 Å². The highest BCUT2D eigenvalue weighted by Gasteiger charge is 2.08. The average molecular weight is 384 g/mol. The second kappa shape index (κ2) is 8.27. The number of rotatable bonds is 6. The third kappa shape index (κ3) is 4.19. The molecular weight excluding hydrogens is 360 g/mol. The summed E-state index contributed by atoms with van der Waals surface area (Å²) in [7, 11) is 2.06. The summed E-state index contributed by atoms with van der Waals surface area (Å²) in [5.74, 6) is 1.27. The monoisotopic (exact) mass is 384 g/mol. The zero-order chi connectivity index (χ0) is 20.2. The molecule has 146 valence electrons. The number of benzene rings is 2. The number of ether oxygens (including phenoxy) is 1. The van der Waals surface area contributed by atoms with Gasteiger partial charge in [0.25, 0.3) is 0 Å². The lowest BCUT2D eigenvalue weighted by molar-refractivity contribution is 0.444. The topological polar surface area (TPSA) is 51.1 Å². The van der Waals surface area contributed by atoms with Gasteiger partial charge in [-0.1, -0.05) is 26.0 Å². The Bertz CT molecular complexity index is 1090. The molecule has 29 heavy (non-hydrogen) atoms. The van der Waals surface area contributed by atoms with Crippen LogP contribution in [-0.2, 0) is 0 Å². The molecule has 0 unspecified atom stereocenters. The smallest absolute Gasteiger partial charge is 0.322 e. The van der Waals surface area contributed by atoms with Gasteiger partial charge in [-0.05, 0) is 60.4 Å². The number of aromatic nitrogens is 3. The molecule has 2 aromatic carbocycles. The molecule has 5 nitrogen and oxygen atoms in total. The van der Waals surface area contributed by atoms with Crippen molar-refractivity contribution in [2.45, 2.75) is 26.2 Å². The molecule has 2 aromatic heterocycles. The minimum Gasteiger partial charge on any atom is -0.424 e. The quantitative estimate of drug-likeness (QED) is 0.402. The zero-order valence-corrected chi connectivity index (χ0v) is 16.9. The molecule has 0 saturated carbocycles. The molecule has 0 saturated heterocycles. The van der Waals surface area contributed by atoms with Gasteiger partial charge in [-0.2, -0.15) is 4.98 Å². The SMILES string of the molecule is CC[C@@H](C)c1ccc(N(C)c2ccc(Oc3ncc4ccncc4n3)cc2)cc1. The van der Waals surface area contributed by atoms with E-state index in [1.807, 2.05) is 30.3 Å². The van der Waals surface area contributed by atoms with E-state index in [1.165, 1.54) is 5.56 Å². The van der Waals surface area contributed by atoms with Gasteiger partial charge in [0.2, 0.25) is 0 Å². The van der Waals surface area contributed by atoms with Gasteiger partial charge in [0, 0.05) is 36.2 Å². The van der Waals surface area contributed by atoms with Gasteiger partial charge in [-0.25, -0.2) is 4.98 Å². The number of fused-ring (bicyclic) bond motifs is 1. The first kappa shape index (κ1) is 18.9. The summed E-state index contributed by atoms with van der Waals surface area (Å²) in [4.78, 5) is 14.9. The second-order valence-corrected chi connectivity index (χ2v) is 7.14. The van der Waals surface area contributed by atoms with E-state index in [1.54, 1.807) is 18.6 Å². The lowest BCUT2D eigenvalue weighted by Gasteiger charge is -2.20. The van der Waals surface area contributed by atoms with E-state index in [-0.39, 0.29) is 0 Å². The van der Waals surface area contributed by atoms with Crippen LogP contribution in [0.2, 0.25) is 0 Å². The summed E-state index contributed by atoms with van der Waals surface area (Å²) >= 11 is 0. The summed E-state index contributed by atoms with van der Waals surface area (Å²) < 4.78 is 5.81. The summed E-state index contributed by atoms with van der Waals surface area (Å²) in [5.41, 5.74) is 4.36. The van der Waals surface area contributed by atoms with Crippen molar-refractivity contribution in [3.8, 4) is 11.8 Å². The Morgan fingerprint density at radius 1 is 0.931 bits per heavy atom. The minimum absolute atomic E-state index is 0.312. The van der Waals surface area contributed by atoms with Crippen molar-refractivity contribution in [2.75, 3.05) is 11.9 Å². The van der Waals surface area contributed by atoms with E-state index < -0.39 is 0 Å². The Balaban J connectivity index is 1.47. The largest absolute Gasteiger partial charge is 0.424 e. The Hall–Kier alpha value is -3.47. The molecule has 0 radical (unpaired) electrons. The summed E-state index contributed by atoms with van der Waals surface area (Å²) in [6.45, 7) is 4.47. The number of hydrogen-bond donors (Lipinski definition) is 0. The lowest BCUT2D eigenvalue weighted by atomic mass is 9.98. The Kier molecular flexibility index (Phi) is 5.38. The molecular formula is C24H24N4O. The van der Waals surface area contributed by atoms with Crippen LogP contribution in [0.25, 0.3) is 10.9 Å². The Morgan fingerprint density at radius 3 is 2.31 bits per heavy atom. The number of anilines is 2. The van der Waals surface area contributed by atoms with Gasteiger partial charge >= 0.3 is 6.01 Å². The van der Waals surface area contributed by atoms with Crippen molar-refractivity contribution >= 4 is 22.3 Å². The van der Waals surface area contributed by atoms with Gasteiger partial charge in [-0.15, -0.1) is 0 Å². The van der Waals surface area contributed by atoms with Crippen LogP contribution in [0, 0.1) is 0 Å². The second-order valence-electron chi connectivity index (χ2n) is 7.14. The normalized spacial score (nSPS) is 12.0. The van der Waals surface area contributed by atoms with Crippen molar-refractivity contribution in [3.05, 3.63) is 78.8 Å². The van der Waals surface area contributed by atoms with Crippen molar-refractivity contribution in [2.24, 2.45) is 0 Å². The fourth-order valence-corrected chi connectivity index (χ4v) is 3.16. The highest BCUT2D eigenvalue weighted by molar-refractivity contribution is 5.76. The van der Waals surface area contributed by atoms with Gasteiger partial charge < -0.3 is 9.64 Å². The van der Waals surface area contributed by atoms with Gasteiger partial charge in [-0.3, -0.25) is 4.98 Å². The maximum absolute atomic E-state index is 5.81. The molecule has 2 heterocycles. The highest BCUT2D eigenvalue weighted by atomic mass is 16.5. The van der Waals surface area contributed by atoms with Crippen LogP contribution in [0.1, 0.15) is 31.7 Å². The number of hydrogen-bond acceptors (Lipinski definition) is 5. The van der Waals surface area contributed by atoms with Crippen molar-refractivity contribution in [3.63, 3.8) is 0 Å². The summed E-state index contributed by atoms with van der Waals surface area (Å²) in [6, 6.07) is 18.9. The molecule has 0 amide bonds. The first-order valence-corrected chi connectivity index (χ1v) is 9.82. The van der Waals surface area contributed by atoms with E-state index in [9.17, 15) is 0 Å². The molecule has 4 rings (SSSR count). The predicted octanol–water partition coefficient (Wildman–Crippen LogP) is 6.10. The molecule has 0 fully saturated rings. The van der Waals surface area contributed by atoms with Crippen LogP contribution in [0.15, 0.2) is 73.2 Å². The Labute approximate surface area is 171 Å². The van der Waals surface area contributed by atoms with Crippen LogP contribution < -0.4 is 9.64 Å². The van der Waals surface area contributed by atoms with E-state index in [0.717, 1.165) is 28.7 Å². The van der Waals surface area contributed by atoms with Crippen molar-refractivity contribution in [1.82, 2.24) is 15.0 Å². The molecule has 0 bridgehead atoms. The van der Waals surface area contributed by atoms with Crippen LogP contribution in [0.5, 0.6) is 11.8 Å². The molecule has 0 spiro atoms. The van der Waals surface area contributed by atoms with E-state index in [0.29, 0.717) is 17.7 Å². The first-order chi connectivity index (χ1) is 14.1. The molecule has 0 N–H and O–H groups in total. The third-order valence-corrected chi connectivity index (χ3v) is 5.26. The van der Waals surface area contributed by atoms with Gasteiger partial charge in [0.05, 0.1) is 11.7 Å². The van der Waals surface area contributed by atoms with Crippen molar-refractivity contribution in [1.29, 1.82) is 0 Å². The highest BCUT2D eigenvalue weighted by Crippen LogP contribution is 2.29. The zero-order valence-electron chi connectivity index (χ0n) is 16.9. The van der Waals surface area contributed by atoms with E-state index in [2.05, 4.69) is 65.0 Å². The van der Waals surface area contributed by atoms with Gasteiger partial charge in [0.1, 0.15) is 5.75 Å². The molecule has 0 aliphatic heterocycles. The summed E-state index contributed by atoms with van der Waals surface area (Å²) in [5, 5.41) is 0.934. The first-order valence-electron chi connectivity index (χ1n) is 9.82. The summed E-state index contributed by atoms with van der Waals surface area (Å²) in [6.07, 6.45) is 6.31. The average Bonchev–Trinajstić information content (AvgIpc) is 2.78. The van der Waals surface area contributed by atoms with Crippen LogP contribution >= 0.6 is 0 Å². The van der Waals surface area contributed by atoms with Gasteiger partial charge in [0.15, 0.2) is 0 Å². The van der Waals surface area contributed by atoms with Crippen LogP contribution in [-0.4, -0.2) is 22.0 Å². The third-order valence-electron chi connectivity index (χ3n) is 5.26. The van der Waals surface area contributed by atoms with Crippen LogP contribution in [0.4, 0.5) is 11.4 Å². The van der Waals surface area contributed by atoms with E-state index >= 15 is 0 Å². The maximum atomic E-state index is 5.81. The Morgan fingerprint density at radius 2 is 1.62 bits per heavy atom. The predicted molar refractivity (Wildman–Crippen MR) is 117 cm³/mol. The van der Waals surface area contributed by atoms with Crippen LogP contribution in [0.3, 0.4) is 0 Å². The molecule has 4 aromatic rings. The fourth-order valence-electron chi connectivity index (χ4n) is 3.16. The molecule has 5 heteroatoms. The maximum Gasteiger partial charge on any atom is 0.322 e. The van der Waals surface area contributed by atoms with E-state index in [4.69, 9.17) is 4.74 Å². The molecule has 0 aliphatic rings. The standard InChI is InChI=1S/C24H24N4O/c1-4-17(2)18-5-7-20(8-6-18)28(3)21-9-11-22(12-10-21)29-24-26-15-19-13-14-25-16-23(19)27-24/h5-17H,4H2,1-3H3/t17-/m1/s1. The minimum atomic E-state index is 0.312. The lowest BCUT2D eigenvalue weighted by Crippen LogP contribution is -2.09. The fraction of sp³-hybridized carbons (Fsp3) is 0.208. The number of pyridine rings is 1. The molecule has 1 atom stereocenters. The number of nitrogens with zero attached hydrogens (tertiary/aromatic N) is 4. The molecule has 0 aliphatic carbocycles.